The van der Waals surface area contributed by atoms with Gasteiger partial charge in [-0.1, -0.05) is 6.92 Å². The van der Waals surface area contributed by atoms with Crippen LogP contribution in [0.25, 0.3) is 0 Å². The van der Waals surface area contributed by atoms with Crippen LogP contribution in [-0.2, 0) is 9.59 Å². The lowest BCUT2D eigenvalue weighted by atomic mass is 9.99. The molecule has 1 spiro atoms. The van der Waals surface area contributed by atoms with Gasteiger partial charge in [0.15, 0.2) is 0 Å². The van der Waals surface area contributed by atoms with E-state index >= 15 is 0 Å². The van der Waals surface area contributed by atoms with Crippen LogP contribution in [0.4, 0.5) is 4.79 Å². The van der Waals surface area contributed by atoms with Crippen molar-refractivity contribution in [2.75, 3.05) is 19.6 Å². The molecule has 0 radical (unpaired) electrons. The molecule has 3 aliphatic rings. The minimum atomic E-state index is -0.908. The van der Waals surface area contributed by atoms with Crippen molar-refractivity contribution in [2.45, 2.75) is 31.3 Å². The molecule has 7 heteroatoms. The number of carbonyl (C=O) groups is 3. The van der Waals surface area contributed by atoms with E-state index < -0.39 is 11.6 Å². The molecule has 3 heterocycles. The van der Waals surface area contributed by atoms with Crippen LogP contribution in [0.5, 0.6) is 0 Å². The van der Waals surface area contributed by atoms with Crippen molar-refractivity contribution in [1.29, 1.82) is 0 Å². The lowest BCUT2D eigenvalue weighted by Crippen LogP contribution is -2.52. The molecule has 0 aromatic rings. The molecule has 0 saturated carbocycles. The molecule has 3 unspecified atom stereocenters. The van der Waals surface area contributed by atoms with Gasteiger partial charge in [0, 0.05) is 6.54 Å². The number of urea groups is 1. The van der Waals surface area contributed by atoms with Gasteiger partial charge in [-0.15, -0.1) is 0 Å². The second kappa shape index (κ2) is 4.19. The van der Waals surface area contributed by atoms with Crippen molar-refractivity contribution < 1.29 is 14.4 Å². The summed E-state index contributed by atoms with van der Waals surface area (Å²) in [5, 5.41) is 8.10. The van der Waals surface area contributed by atoms with Crippen molar-refractivity contribution in [3.05, 3.63) is 0 Å². The minimum Gasteiger partial charge on any atom is -0.338 e. The first-order valence-corrected chi connectivity index (χ1v) is 6.68. The normalized spacial score (nSPS) is 37.8. The third-order valence-electron chi connectivity index (χ3n) is 4.39. The number of likely N-dealkylation sites (tertiary alicyclic amines) is 1. The van der Waals surface area contributed by atoms with Gasteiger partial charge in [0.05, 0.1) is 12.6 Å². The first kappa shape index (κ1) is 12.4. The second-order valence-corrected chi connectivity index (χ2v) is 5.70. The van der Waals surface area contributed by atoms with Gasteiger partial charge in [0.25, 0.3) is 5.91 Å². The maximum absolute atomic E-state index is 12.4. The van der Waals surface area contributed by atoms with Crippen molar-refractivity contribution in [2.24, 2.45) is 5.92 Å². The molecule has 3 saturated heterocycles. The van der Waals surface area contributed by atoms with E-state index in [2.05, 4.69) is 22.9 Å². The summed E-state index contributed by atoms with van der Waals surface area (Å²) < 4.78 is 0. The molecule has 0 aromatic heterocycles. The third-order valence-corrected chi connectivity index (χ3v) is 4.39. The van der Waals surface area contributed by atoms with Crippen molar-refractivity contribution >= 4 is 17.8 Å². The summed E-state index contributed by atoms with van der Waals surface area (Å²) in [6.45, 7) is 3.69. The van der Waals surface area contributed by atoms with Crippen molar-refractivity contribution in [3.8, 4) is 0 Å². The monoisotopic (exact) mass is 266 g/mol. The Bertz CT molecular complexity index is 452. The van der Waals surface area contributed by atoms with Crippen molar-refractivity contribution in [3.63, 3.8) is 0 Å². The number of amides is 4. The van der Waals surface area contributed by atoms with Crippen LogP contribution in [0, 0.1) is 5.92 Å². The standard InChI is InChI=1S/C12H18N4O3/c1-7-2-4-13-8(7)9(17)16-5-3-12(6-16)10(18)14-11(19)15-12/h7-8,13H,2-6H2,1H3,(H2,14,15,18,19). The quantitative estimate of drug-likeness (QED) is 0.520. The van der Waals surface area contributed by atoms with Gasteiger partial charge in [-0.2, -0.15) is 0 Å². The summed E-state index contributed by atoms with van der Waals surface area (Å²) in [5.41, 5.74) is -0.908. The molecule has 3 rings (SSSR count). The van der Waals surface area contributed by atoms with E-state index in [4.69, 9.17) is 0 Å². The maximum atomic E-state index is 12.4. The molecular formula is C12H18N4O3. The number of nitrogens with one attached hydrogen (secondary N) is 3. The zero-order chi connectivity index (χ0) is 13.6. The van der Waals surface area contributed by atoms with Crippen LogP contribution in [-0.4, -0.2) is 54.0 Å². The number of rotatable bonds is 1. The average Bonchev–Trinajstić information content (AvgIpc) is 3.01. The summed E-state index contributed by atoms with van der Waals surface area (Å²) in [4.78, 5) is 37.1. The third kappa shape index (κ3) is 1.88. The Kier molecular flexibility index (Phi) is 2.74. The van der Waals surface area contributed by atoms with Crippen molar-refractivity contribution in [1.82, 2.24) is 20.9 Å². The average molecular weight is 266 g/mol. The Labute approximate surface area is 111 Å². The molecule has 0 bridgehead atoms. The molecule has 19 heavy (non-hydrogen) atoms. The highest BCUT2D eigenvalue weighted by Crippen LogP contribution is 2.27. The highest BCUT2D eigenvalue weighted by Gasteiger charge is 2.52. The molecule has 0 aromatic carbocycles. The van der Waals surface area contributed by atoms with E-state index in [1.54, 1.807) is 4.90 Å². The smallest absolute Gasteiger partial charge is 0.322 e. The molecule has 4 amide bonds. The summed E-state index contributed by atoms with van der Waals surface area (Å²) in [7, 11) is 0. The molecule has 3 fully saturated rings. The Balaban J connectivity index is 1.70. The fourth-order valence-electron chi connectivity index (χ4n) is 3.18. The van der Waals surface area contributed by atoms with E-state index in [-0.39, 0.29) is 24.4 Å². The van der Waals surface area contributed by atoms with Gasteiger partial charge in [-0.05, 0) is 25.3 Å². The number of nitrogens with zero attached hydrogens (tertiary/aromatic N) is 1. The largest absolute Gasteiger partial charge is 0.338 e. The second-order valence-electron chi connectivity index (χ2n) is 5.70. The maximum Gasteiger partial charge on any atom is 0.322 e. The molecule has 3 atom stereocenters. The van der Waals surface area contributed by atoms with Crippen LogP contribution in [0.3, 0.4) is 0 Å². The Hall–Kier alpha value is -1.63. The van der Waals surface area contributed by atoms with E-state index in [0.29, 0.717) is 18.9 Å². The molecule has 3 N–H and O–H groups in total. The van der Waals surface area contributed by atoms with E-state index in [0.717, 1.165) is 13.0 Å². The fraction of sp³-hybridized carbons (Fsp3) is 0.750. The zero-order valence-electron chi connectivity index (χ0n) is 10.9. The summed E-state index contributed by atoms with van der Waals surface area (Å²) >= 11 is 0. The van der Waals surface area contributed by atoms with Crippen LogP contribution >= 0.6 is 0 Å². The van der Waals surface area contributed by atoms with E-state index in [9.17, 15) is 14.4 Å². The van der Waals surface area contributed by atoms with Crippen LogP contribution in [0.15, 0.2) is 0 Å². The number of imide groups is 1. The minimum absolute atomic E-state index is 0.0378. The summed E-state index contributed by atoms with van der Waals surface area (Å²) in [6, 6.07) is -0.623. The number of hydrogen-bond acceptors (Lipinski definition) is 4. The number of hydrogen-bond donors (Lipinski definition) is 3. The Morgan fingerprint density at radius 3 is 2.79 bits per heavy atom. The van der Waals surface area contributed by atoms with Gasteiger partial charge >= 0.3 is 6.03 Å². The van der Waals surface area contributed by atoms with Gasteiger partial charge in [0.2, 0.25) is 5.91 Å². The SMILES string of the molecule is CC1CCNC1C(=O)N1CCC2(C1)NC(=O)NC2=O. The molecular weight excluding hydrogens is 248 g/mol. The predicted octanol–water partition coefficient (Wildman–Crippen LogP) is -1.21. The van der Waals surface area contributed by atoms with Gasteiger partial charge in [-0.25, -0.2) is 4.79 Å². The molecule has 7 nitrogen and oxygen atoms in total. The molecule has 3 aliphatic heterocycles. The summed E-state index contributed by atoms with van der Waals surface area (Å²) in [5.74, 6) is 0.0344. The topological polar surface area (TPSA) is 90.5 Å². The van der Waals surface area contributed by atoms with Crippen LogP contribution < -0.4 is 16.0 Å². The zero-order valence-corrected chi connectivity index (χ0v) is 10.9. The summed E-state index contributed by atoms with van der Waals surface area (Å²) in [6.07, 6.45) is 1.48. The highest BCUT2D eigenvalue weighted by molar-refractivity contribution is 6.07. The fourth-order valence-corrected chi connectivity index (χ4v) is 3.18. The van der Waals surface area contributed by atoms with E-state index in [1.807, 2.05) is 0 Å². The lowest BCUT2D eigenvalue weighted by Gasteiger charge is -2.25. The van der Waals surface area contributed by atoms with E-state index in [1.165, 1.54) is 0 Å². The highest BCUT2D eigenvalue weighted by atomic mass is 16.2. The Morgan fingerprint density at radius 1 is 1.42 bits per heavy atom. The predicted molar refractivity (Wildman–Crippen MR) is 66.2 cm³/mol. The lowest BCUT2D eigenvalue weighted by molar-refractivity contribution is -0.133. The Morgan fingerprint density at radius 2 is 2.21 bits per heavy atom. The van der Waals surface area contributed by atoms with Gasteiger partial charge in [-0.3, -0.25) is 14.9 Å². The van der Waals surface area contributed by atoms with Gasteiger partial charge < -0.3 is 15.5 Å². The molecule has 104 valence electrons. The molecule has 0 aliphatic carbocycles. The first-order valence-electron chi connectivity index (χ1n) is 6.68. The first-order chi connectivity index (χ1) is 9.02. The van der Waals surface area contributed by atoms with Crippen LogP contribution in [0.1, 0.15) is 19.8 Å². The van der Waals surface area contributed by atoms with Crippen LogP contribution in [0.2, 0.25) is 0 Å². The number of carbonyl (C=O) groups excluding carboxylic acids is 3. The van der Waals surface area contributed by atoms with Gasteiger partial charge in [0.1, 0.15) is 5.54 Å².